The van der Waals surface area contributed by atoms with E-state index in [4.69, 9.17) is 4.98 Å². The molecule has 5 rings (SSSR count). The zero-order valence-corrected chi connectivity index (χ0v) is 18.8. The second-order valence-corrected chi connectivity index (χ2v) is 9.10. The summed E-state index contributed by atoms with van der Waals surface area (Å²) in [4.78, 5) is 22.9. The molecule has 1 aliphatic heterocycles. The Morgan fingerprint density at radius 3 is 2.68 bits per heavy atom. The lowest BCUT2D eigenvalue weighted by atomic mass is 10.2. The number of likely N-dealkylation sites (N-methyl/N-ethyl adjacent to an activating group) is 1. The van der Waals surface area contributed by atoms with Crippen LogP contribution in [0.1, 0.15) is 22.4 Å². The van der Waals surface area contributed by atoms with E-state index in [0.717, 1.165) is 70.2 Å². The highest BCUT2D eigenvalue weighted by atomic mass is 32.1. The lowest BCUT2D eigenvalue weighted by Gasteiger charge is -2.33. The Bertz CT molecular complexity index is 1240. The fourth-order valence-corrected chi connectivity index (χ4v) is 5.23. The van der Waals surface area contributed by atoms with Gasteiger partial charge in [-0.2, -0.15) is 0 Å². The summed E-state index contributed by atoms with van der Waals surface area (Å²) in [5.74, 6) is 1.15. The summed E-state index contributed by atoms with van der Waals surface area (Å²) >= 11 is 1.59. The van der Waals surface area contributed by atoms with Gasteiger partial charge >= 0.3 is 0 Å². The molecule has 1 N–H and O–H groups in total. The number of carbonyl (C=O) groups is 1. The molecule has 31 heavy (non-hydrogen) atoms. The molecule has 160 valence electrons. The van der Waals surface area contributed by atoms with E-state index in [1.165, 1.54) is 0 Å². The predicted molar refractivity (Wildman–Crippen MR) is 128 cm³/mol. The van der Waals surface area contributed by atoms with Crippen LogP contribution in [0.5, 0.6) is 0 Å². The summed E-state index contributed by atoms with van der Waals surface area (Å²) in [6.45, 7) is 7.42. The molecule has 1 fully saturated rings. The van der Waals surface area contributed by atoms with Gasteiger partial charge in [0.05, 0.1) is 22.5 Å². The second-order valence-electron chi connectivity index (χ2n) is 8.02. The van der Waals surface area contributed by atoms with Gasteiger partial charge in [0.1, 0.15) is 5.82 Å². The van der Waals surface area contributed by atoms with E-state index in [-0.39, 0.29) is 5.91 Å². The first-order valence-corrected chi connectivity index (χ1v) is 11.6. The maximum Gasteiger partial charge on any atom is 0.264 e. The first-order chi connectivity index (χ1) is 15.1. The number of aryl methyl sites for hydroxylation is 1. The summed E-state index contributed by atoms with van der Waals surface area (Å²) in [7, 11) is 2.05. The molecule has 0 spiro atoms. The molecule has 1 saturated heterocycles. The molecular formula is C24H27N5OS. The van der Waals surface area contributed by atoms with Gasteiger partial charge in [-0.05, 0) is 48.3 Å². The number of anilines is 1. The minimum atomic E-state index is 0.158. The maximum atomic E-state index is 13.0. The Labute approximate surface area is 186 Å². The SMILES string of the molecule is CCN1CCN(C(=O)c2cc3cc(NCc4nc5ccccc5n4C)ccc3s2)CC1. The number of piperazine rings is 1. The number of hydrogen-bond acceptors (Lipinski definition) is 5. The average Bonchev–Trinajstić information content (AvgIpc) is 3.38. The van der Waals surface area contributed by atoms with Crippen molar-refractivity contribution in [1.29, 1.82) is 0 Å². The minimum Gasteiger partial charge on any atom is -0.378 e. The first kappa shape index (κ1) is 20.0. The van der Waals surface area contributed by atoms with Crippen LogP contribution in [0.4, 0.5) is 5.69 Å². The summed E-state index contributed by atoms with van der Waals surface area (Å²) in [6, 6.07) is 16.5. The largest absolute Gasteiger partial charge is 0.378 e. The molecule has 4 aromatic rings. The Morgan fingerprint density at radius 2 is 1.90 bits per heavy atom. The van der Waals surface area contributed by atoms with Crippen molar-refractivity contribution in [2.75, 3.05) is 38.0 Å². The third-order valence-electron chi connectivity index (χ3n) is 6.16. The number of amides is 1. The van der Waals surface area contributed by atoms with Crippen molar-refractivity contribution in [3.8, 4) is 0 Å². The van der Waals surface area contributed by atoms with Crippen LogP contribution in [0.15, 0.2) is 48.5 Å². The third kappa shape index (κ3) is 3.91. The zero-order valence-electron chi connectivity index (χ0n) is 18.0. The molecule has 7 heteroatoms. The van der Waals surface area contributed by atoms with Crippen molar-refractivity contribution in [3.05, 3.63) is 59.2 Å². The Kier molecular flexibility index (Phi) is 5.38. The molecule has 0 radical (unpaired) electrons. The Morgan fingerprint density at radius 1 is 1.10 bits per heavy atom. The molecule has 2 aromatic heterocycles. The van der Waals surface area contributed by atoms with Crippen molar-refractivity contribution < 1.29 is 4.79 Å². The van der Waals surface area contributed by atoms with E-state index in [1.54, 1.807) is 11.3 Å². The number of rotatable bonds is 5. The van der Waals surface area contributed by atoms with E-state index >= 15 is 0 Å². The van der Waals surface area contributed by atoms with Gasteiger partial charge in [-0.1, -0.05) is 19.1 Å². The summed E-state index contributed by atoms with van der Waals surface area (Å²) < 4.78 is 3.27. The van der Waals surface area contributed by atoms with Crippen molar-refractivity contribution in [2.45, 2.75) is 13.5 Å². The predicted octanol–water partition coefficient (Wildman–Crippen LogP) is 4.18. The molecule has 0 aliphatic carbocycles. The number of hydrogen-bond donors (Lipinski definition) is 1. The highest BCUT2D eigenvalue weighted by Crippen LogP contribution is 2.29. The minimum absolute atomic E-state index is 0.158. The zero-order chi connectivity index (χ0) is 21.4. The standard InChI is InChI=1S/C24H27N5OS/c1-3-28-10-12-29(13-11-28)24(30)22-15-17-14-18(8-9-21(17)31-22)25-16-23-26-19-6-4-5-7-20(19)27(23)2/h4-9,14-15,25H,3,10-13,16H2,1-2H3. The normalized spacial score (nSPS) is 15.1. The smallest absolute Gasteiger partial charge is 0.264 e. The van der Waals surface area contributed by atoms with Crippen molar-refractivity contribution in [1.82, 2.24) is 19.4 Å². The van der Waals surface area contributed by atoms with E-state index in [0.29, 0.717) is 6.54 Å². The number of carbonyl (C=O) groups excluding carboxylic acids is 1. The van der Waals surface area contributed by atoms with Crippen molar-refractivity contribution in [3.63, 3.8) is 0 Å². The number of fused-ring (bicyclic) bond motifs is 2. The molecule has 0 bridgehead atoms. The monoisotopic (exact) mass is 433 g/mol. The van der Waals surface area contributed by atoms with Gasteiger partial charge in [0, 0.05) is 43.6 Å². The molecule has 0 unspecified atom stereocenters. The quantitative estimate of drug-likeness (QED) is 0.513. The lowest BCUT2D eigenvalue weighted by Crippen LogP contribution is -2.48. The number of nitrogens with zero attached hydrogens (tertiary/aromatic N) is 4. The van der Waals surface area contributed by atoms with Gasteiger partial charge in [-0.15, -0.1) is 11.3 Å². The van der Waals surface area contributed by atoms with Crippen LogP contribution in [0.25, 0.3) is 21.1 Å². The van der Waals surface area contributed by atoms with Crippen molar-refractivity contribution in [2.24, 2.45) is 7.05 Å². The third-order valence-corrected chi connectivity index (χ3v) is 7.27. The van der Waals surface area contributed by atoms with E-state index in [1.807, 2.05) is 36.2 Å². The first-order valence-electron chi connectivity index (χ1n) is 10.8. The van der Waals surface area contributed by atoms with Crippen LogP contribution in [-0.2, 0) is 13.6 Å². The van der Waals surface area contributed by atoms with Gasteiger partial charge < -0.3 is 19.7 Å². The summed E-state index contributed by atoms with van der Waals surface area (Å²) in [5.41, 5.74) is 3.18. The number of aromatic nitrogens is 2. The molecule has 0 atom stereocenters. The topological polar surface area (TPSA) is 53.4 Å². The van der Waals surface area contributed by atoms with Gasteiger partial charge in [0.2, 0.25) is 0 Å². The van der Waals surface area contributed by atoms with Gasteiger partial charge in [0.25, 0.3) is 5.91 Å². The Balaban J connectivity index is 1.30. The van der Waals surface area contributed by atoms with E-state index in [2.05, 4.69) is 46.0 Å². The molecule has 3 heterocycles. The number of benzene rings is 2. The molecule has 0 saturated carbocycles. The molecule has 6 nitrogen and oxygen atoms in total. The number of para-hydroxylation sites is 2. The molecular weight excluding hydrogens is 406 g/mol. The number of imidazole rings is 1. The van der Waals surface area contributed by atoms with Crippen LogP contribution >= 0.6 is 11.3 Å². The highest BCUT2D eigenvalue weighted by Gasteiger charge is 2.22. The van der Waals surface area contributed by atoms with Crippen LogP contribution in [0.2, 0.25) is 0 Å². The van der Waals surface area contributed by atoms with Crippen molar-refractivity contribution >= 4 is 44.1 Å². The summed E-state index contributed by atoms with van der Waals surface area (Å²) in [5, 5.41) is 4.60. The van der Waals surface area contributed by atoms with Crippen LogP contribution in [0, 0.1) is 0 Å². The number of thiophene rings is 1. The second kappa shape index (κ2) is 8.32. The fraction of sp³-hybridized carbons (Fsp3) is 0.333. The van der Waals surface area contributed by atoms with Crippen LogP contribution < -0.4 is 5.32 Å². The summed E-state index contributed by atoms with van der Waals surface area (Å²) in [6.07, 6.45) is 0. The van der Waals surface area contributed by atoms with Crippen LogP contribution in [-0.4, -0.2) is 58.0 Å². The van der Waals surface area contributed by atoms with Gasteiger partial charge in [0.15, 0.2) is 0 Å². The van der Waals surface area contributed by atoms with Crippen LogP contribution in [0.3, 0.4) is 0 Å². The maximum absolute atomic E-state index is 13.0. The highest BCUT2D eigenvalue weighted by molar-refractivity contribution is 7.20. The molecule has 1 amide bonds. The van der Waals surface area contributed by atoms with E-state index in [9.17, 15) is 4.79 Å². The molecule has 1 aliphatic rings. The lowest BCUT2D eigenvalue weighted by molar-refractivity contribution is 0.0648. The fourth-order valence-electron chi connectivity index (χ4n) is 4.22. The van der Waals surface area contributed by atoms with E-state index < -0.39 is 0 Å². The Hall–Kier alpha value is -2.90. The number of nitrogens with one attached hydrogen (secondary N) is 1. The molecule has 2 aromatic carbocycles. The van der Waals surface area contributed by atoms with Gasteiger partial charge in [-0.3, -0.25) is 4.79 Å². The average molecular weight is 434 g/mol. The van der Waals surface area contributed by atoms with Gasteiger partial charge in [-0.25, -0.2) is 4.98 Å².